The number of hydrogen-bond acceptors (Lipinski definition) is 3. The average molecular weight is 542 g/mol. The maximum Gasteiger partial charge on any atom is 0.323 e. The lowest BCUT2D eigenvalue weighted by atomic mass is 10.0. The monoisotopic (exact) mass is 541 g/mol. The Balaban J connectivity index is 1.34. The molecule has 5 aromatic rings. The van der Waals surface area contributed by atoms with Gasteiger partial charge in [0.05, 0.1) is 0 Å². The fourth-order valence-corrected chi connectivity index (χ4v) is 4.47. The Morgan fingerprint density at radius 3 is 1.56 bits per heavy atom. The second kappa shape index (κ2) is 13.7. The molecule has 0 aromatic heterocycles. The first kappa shape index (κ1) is 27.4. The van der Waals surface area contributed by atoms with Gasteiger partial charge in [0.1, 0.15) is 12.3 Å². The summed E-state index contributed by atoms with van der Waals surface area (Å²) in [6.07, 6.45) is -0.597. The number of carbonyl (C=O) groups is 2. The van der Waals surface area contributed by atoms with Gasteiger partial charge >= 0.3 is 6.03 Å². The molecule has 0 fully saturated rings. The minimum atomic E-state index is -0.631. The van der Waals surface area contributed by atoms with Crippen LogP contribution < -0.4 is 16.0 Å². The second-order valence-electron chi connectivity index (χ2n) is 9.51. The van der Waals surface area contributed by atoms with Crippen molar-refractivity contribution in [2.45, 2.75) is 18.8 Å². The molecule has 0 aliphatic heterocycles. The Hall–Kier alpha value is -5.20. The van der Waals surface area contributed by atoms with E-state index in [0.29, 0.717) is 23.4 Å². The summed E-state index contributed by atoms with van der Waals surface area (Å²) in [5.74, 6) is -0.216. The predicted octanol–water partition coefficient (Wildman–Crippen LogP) is 7.44. The van der Waals surface area contributed by atoms with E-state index in [1.165, 1.54) is 0 Å². The lowest BCUT2D eigenvalue weighted by Gasteiger charge is -2.27. The van der Waals surface area contributed by atoms with Crippen LogP contribution in [0.3, 0.4) is 0 Å². The van der Waals surface area contributed by atoms with Crippen LogP contribution in [0.25, 0.3) is 0 Å². The molecule has 5 rings (SSSR count). The third-order valence-electron chi connectivity index (χ3n) is 6.50. The summed E-state index contributed by atoms with van der Waals surface area (Å²) in [6, 6.07) is 45.5. The summed E-state index contributed by atoms with van der Waals surface area (Å²) in [5, 5.41) is 8.74. The zero-order valence-corrected chi connectivity index (χ0v) is 22.4. The summed E-state index contributed by atoms with van der Waals surface area (Å²) in [5.41, 5.74) is 4.84. The number of carbonyl (C=O) groups excluding carboxylic acids is 2. The van der Waals surface area contributed by atoms with Gasteiger partial charge in [0.25, 0.3) is 5.91 Å². The van der Waals surface area contributed by atoms with Gasteiger partial charge in [0.15, 0.2) is 0 Å². The molecule has 1 atom stereocenters. The molecule has 0 aliphatic rings. The van der Waals surface area contributed by atoms with Gasteiger partial charge in [-0.2, -0.15) is 0 Å². The van der Waals surface area contributed by atoms with Crippen LogP contribution in [0, 0.1) is 0 Å². The molecule has 5 aromatic carbocycles. The summed E-state index contributed by atoms with van der Waals surface area (Å²) in [4.78, 5) is 25.6. The van der Waals surface area contributed by atoms with Gasteiger partial charge in [-0.25, -0.2) is 4.79 Å². The quantitative estimate of drug-likeness (QED) is 0.161. The van der Waals surface area contributed by atoms with E-state index in [4.69, 9.17) is 4.74 Å². The highest BCUT2D eigenvalue weighted by Crippen LogP contribution is 2.28. The Bertz CT molecular complexity index is 1490. The van der Waals surface area contributed by atoms with Crippen molar-refractivity contribution >= 4 is 23.3 Å². The van der Waals surface area contributed by atoms with Crippen LogP contribution in [0.4, 0.5) is 16.2 Å². The first-order chi connectivity index (χ1) is 20.1. The Morgan fingerprint density at radius 1 is 0.561 bits per heavy atom. The lowest BCUT2D eigenvalue weighted by Crippen LogP contribution is -2.39. The molecule has 0 saturated heterocycles. The molecule has 0 heterocycles. The van der Waals surface area contributed by atoms with Gasteiger partial charge in [-0.05, 0) is 53.1 Å². The standard InChI is InChI=1S/C35H31N3O3/c39-34(29-17-9-3-10-18-29)38-32(41-33(27-13-5-1-6-14-27)28-15-7-2-8-16-28)25-26-21-23-31(24-22-26)37-35(40)36-30-19-11-4-12-20-30/h1-24,32-33H,25H2,(H,38,39)(H2,36,37,40). The molecule has 0 aliphatic carbocycles. The highest BCUT2D eigenvalue weighted by Gasteiger charge is 2.23. The van der Waals surface area contributed by atoms with E-state index >= 15 is 0 Å². The van der Waals surface area contributed by atoms with Crippen LogP contribution in [0.2, 0.25) is 0 Å². The molecule has 6 nitrogen and oxygen atoms in total. The van der Waals surface area contributed by atoms with Crippen LogP contribution in [0.1, 0.15) is 33.2 Å². The van der Waals surface area contributed by atoms with Crippen LogP contribution in [-0.4, -0.2) is 18.2 Å². The number of amides is 3. The van der Waals surface area contributed by atoms with Crippen molar-refractivity contribution < 1.29 is 14.3 Å². The molecular formula is C35H31N3O3. The van der Waals surface area contributed by atoms with E-state index < -0.39 is 6.23 Å². The maximum absolute atomic E-state index is 13.2. The molecule has 41 heavy (non-hydrogen) atoms. The van der Waals surface area contributed by atoms with E-state index in [1.54, 1.807) is 12.1 Å². The van der Waals surface area contributed by atoms with Gasteiger partial charge in [-0.1, -0.05) is 109 Å². The third kappa shape index (κ3) is 7.91. The minimum absolute atomic E-state index is 0.216. The predicted molar refractivity (Wildman–Crippen MR) is 163 cm³/mol. The molecule has 3 N–H and O–H groups in total. The van der Waals surface area contributed by atoms with Crippen molar-refractivity contribution in [3.05, 3.63) is 168 Å². The van der Waals surface area contributed by atoms with E-state index in [1.807, 2.05) is 133 Å². The Labute approximate surface area is 240 Å². The maximum atomic E-state index is 13.2. The fourth-order valence-electron chi connectivity index (χ4n) is 4.47. The molecule has 0 bridgehead atoms. The normalized spacial score (nSPS) is 11.4. The molecule has 3 amide bonds. The van der Waals surface area contributed by atoms with E-state index in [-0.39, 0.29) is 18.0 Å². The van der Waals surface area contributed by atoms with Crippen molar-refractivity contribution in [3.8, 4) is 0 Å². The number of para-hydroxylation sites is 1. The van der Waals surface area contributed by atoms with E-state index in [9.17, 15) is 9.59 Å². The number of ether oxygens (including phenoxy) is 1. The van der Waals surface area contributed by atoms with E-state index in [2.05, 4.69) is 16.0 Å². The molecule has 0 saturated carbocycles. The van der Waals surface area contributed by atoms with Gasteiger partial charge in [0, 0.05) is 23.4 Å². The van der Waals surface area contributed by atoms with Crippen molar-refractivity contribution in [2.24, 2.45) is 0 Å². The highest BCUT2D eigenvalue weighted by molar-refractivity contribution is 5.99. The molecular weight excluding hydrogens is 510 g/mol. The summed E-state index contributed by atoms with van der Waals surface area (Å²) < 4.78 is 6.67. The molecule has 0 radical (unpaired) electrons. The number of nitrogens with one attached hydrogen (secondary N) is 3. The first-order valence-corrected chi connectivity index (χ1v) is 13.5. The zero-order chi connectivity index (χ0) is 28.3. The number of anilines is 2. The average Bonchev–Trinajstić information content (AvgIpc) is 3.02. The van der Waals surface area contributed by atoms with Crippen LogP contribution in [-0.2, 0) is 11.2 Å². The molecule has 204 valence electrons. The molecule has 6 heteroatoms. The number of rotatable bonds is 10. The SMILES string of the molecule is O=C(Nc1ccccc1)Nc1ccc(CC(NC(=O)c2ccccc2)OC(c2ccccc2)c2ccccc2)cc1. The van der Waals surface area contributed by atoms with Gasteiger partial charge in [-0.15, -0.1) is 0 Å². The first-order valence-electron chi connectivity index (χ1n) is 13.5. The van der Waals surface area contributed by atoms with Crippen LogP contribution >= 0.6 is 0 Å². The number of urea groups is 1. The third-order valence-corrected chi connectivity index (χ3v) is 6.50. The van der Waals surface area contributed by atoms with Crippen molar-refractivity contribution in [2.75, 3.05) is 10.6 Å². The molecule has 1 unspecified atom stereocenters. The highest BCUT2D eigenvalue weighted by atomic mass is 16.5. The largest absolute Gasteiger partial charge is 0.345 e. The van der Waals surface area contributed by atoms with E-state index in [0.717, 1.165) is 16.7 Å². The van der Waals surface area contributed by atoms with Gasteiger partial charge in [0.2, 0.25) is 0 Å². The topological polar surface area (TPSA) is 79.5 Å². The summed E-state index contributed by atoms with van der Waals surface area (Å²) >= 11 is 0. The van der Waals surface area contributed by atoms with Crippen molar-refractivity contribution in [1.82, 2.24) is 5.32 Å². The fraction of sp³-hybridized carbons (Fsp3) is 0.0857. The Kier molecular flexibility index (Phi) is 9.17. The van der Waals surface area contributed by atoms with Crippen molar-refractivity contribution in [1.29, 1.82) is 0 Å². The number of hydrogen-bond donors (Lipinski definition) is 3. The summed E-state index contributed by atoms with van der Waals surface area (Å²) in [7, 11) is 0. The lowest BCUT2D eigenvalue weighted by molar-refractivity contribution is -0.00869. The Morgan fingerprint density at radius 2 is 1.02 bits per heavy atom. The minimum Gasteiger partial charge on any atom is -0.345 e. The van der Waals surface area contributed by atoms with Crippen LogP contribution in [0.5, 0.6) is 0 Å². The molecule has 0 spiro atoms. The van der Waals surface area contributed by atoms with Crippen LogP contribution in [0.15, 0.2) is 146 Å². The zero-order valence-electron chi connectivity index (χ0n) is 22.4. The summed E-state index contributed by atoms with van der Waals surface area (Å²) in [6.45, 7) is 0. The van der Waals surface area contributed by atoms with Crippen molar-refractivity contribution in [3.63, 3.8) is 0 Å². The van der Waals surface area contributed by atoms with Gasteiger partial charge in [-0.3, -0.25) is 4.79 Å². The van der Waals surface area contributed by atoms with Gasteiger partial charge < -0.3 is 20.7 Å². The smallest absolute Gasteiger partial charge is 0.323 e. The number of benzene rings is 5. The second-order valence-corrected chi connectivity index (χ2v) is 9.51.